The van der Waals surface area contributed by atoms with Gasteiger partial charge in [0, 0.05) is 6.54 Å². The van der Waals surface area contributed by atoms with Crippen molar-refractivity contribution in [3.8, 4) is 5.75 Å². The van der Waals surface area contributed by atoms with Crippen LogP contribution in [0.1, 0.15) is 43.0 Å². The van der Waals surface area contributed by atoms with Crippen LogP contribution >= 0.6 is 0 Å². The highest BCUT2D eigenvalue weighted by molar-refractivity contribution is 5.97. The average Bonchev–Trinajstić information content (AvgIpc) is 2.49. The number of para-hydroxylation sites is 1. The fraction of sp³-hybridized carbons (Fsp3) is 0.562. The third-order valence-electron chi connectivity index (χ3n) is 4.35. The smallest absolute Gasteiger partial charge is 0.255 e. The Morgan fingerprint density at radius 1 is 1.40 bits per heavy atom. The molecule has 4 nitrogen and oxygen atoms in total. The Kier molecular flexibility index (Phi) is 4.65. The number of nitrogens with one attached hydrogen (secondary N) is 1. The van der Waals surface area contributed by atoms with Gasteiger partial charge < -0.3 is 15.8 Å². The van der Waals surface area contributed by atoms with Crippen LogP contribution in [0.25, 0.3) is 0 Å². The first-order valence-corrected chi connectivity index (χ1v) is 7.26. The zero-order valence-electron chi connectivity index (χ0n) is 12.3. The highest BCUT2D eigenvalue weighted by Crippen LogP contribution is 2.32. The molecular formula is C16H24N2O2. The molecule has 110 valence electrons. The van der Waals surface area contributed by atoms with E-state index in [1.165, 1.54) is 0 Å². The van der Waals surface area contributed by atoms with Gasteiger partial charge >= 0.3 is 0 Å². The Morgan fingerprint density at radius 3 is 2.65 bits per heavy atom. The molecule has 0 aromatic heterocycles. The highest BCUT2D eigenvalue weighted by Gasteiger charge is 2.34. The second-order valence-electron chi connectivity index (χ2n) is 5.82. The number of hydrogen-bond donors (Lipinski definition) is 2. The third-order valence-corrected chi connectivity index (χ3v) is 4.35. The summed E-state index contributed by atoms with van der Waals surface area (Å²) in [6.45, 7) is 2.74. The lowest BCUT2D eigenvalue weighted by atomic mass is 9.77. The lowest BCUT2D eigenvalue weighted by Crippen LogP contribution is -2.55. The monoisotopic (exact) mass is 276 g/mol. The van der Waals surface area contributed by atoms with Crippen molar-refractivity contribution < 1.29 is 9.53 Å². The predicted molar refractivity (Wildman–Crippen MR) is 79.9 cm³/mol. The average molecular weight is 276 g/mol. The van der Waals surface area contributed by atoms with Gasteiger partial charge in [0.25, 0.3) is 5.91 Å². The maximum atomic E-state index is 12.5. The zero-order valence-corrected chi connectivity index (χ0v) is 12.3. The van der Waals surface area contributed by atoms with Gasteiger partial charge in [-0.05, 0) is 43.7 Å². The Labute approximate surface area is 120 Å². The Hall–Kier alpha value is -1.55. The molecule has 0 atom stereocenters. The number of ether oxygens (including phenoxy) is 1. The van der Waals surface area contributed by atoms with Gasteiger partial charge in [-0.25, -0.2) is 0 Å². The van der Waals surface area contributed by atoms with E-state index in [2.05, 4.69) is 12.2 Å². The van der Waals surface area contributed by atoms with Crippen molar-refractivity contribution in [2.75, 3.05) is 13.7 Å². The van der Waals surface area contributed by atoms with E-state index >= 15 is 0 Å². The predicted octanol–water partition coefficient (Wildman–Crippen LogP) is 2.33. The maximum absolute atomic E-state index is 12.5. The van der Waals surface area contributed by atoms with Crippen LogP contribution in [0.3, 0.4) is 0 Å². The molecule has 0 heterocycles. The van der Waals surface area contributed by atoms with Gasteiger partial charge in [0.1, 0.15) is 5.75 Å². The first kappa shape index (κ1) is 14.9. The summed E-state index contributed by atoms with van der Waals surface area (Å²) in [4.78, 5) is 12.5. The molecule has 0 bridgehead atoms. The van der Waals surface area contributed by atoms with Crippen molar-refractivity contribution in [2.45, 2.75) is 38.1 Å². The number of amides is 1. The van der Waals surface area contributed by atoms with Crippen LogP contribution in [0.15, 0.2) is 24.3 Å². The summed E-state index contributed by atoms with van der Waals surface area (Å²) in [7, 11) is 1.58. The van der Waals surface area contributed by atoms with Gasteiger partial charge in [0.15, 0.2) is 0 Å². The van der Waals surface area contributed by atoms with Crippen LogP contribution in [-0.4, -0.2) is 25.1 Å². The molecule has 1 aromatic rings. The second-order valence-corrected chi connectivity index (χ2v) is 5.82. The van der Waals surface area contributed by atoms with Crippen LogP contribution in [0.5, 0.6) is 5.75 Å². The van der Waals surface area contributed by atoms with E-state index in [9.17, 15) is 4.79 Å². The number of carbonyl (C=O) groups is 1. The number of methoxy groups -OCH3 is 1. The molecule has 0 unspecified atom stereocenters. The van der Waals surface area contributed by atoms with Crippen molar-refractivity contribution in [3.63, 3.8) is 0 Å². The largest absolute Gasteiger partial charge is 0.496 e. The van der Waals surface area contributed by atoms with Crippen LogP contribution in [-0.2, 0) is 0 Å². The lowest BCUT2D eigenvalue weighted by Gasteiger charge is -2.39. The number of nitrogens with two attached hydrogens (primary N) is 1. The van der Waals surface area contributed by atoms with Crippen molar-refractivity contribution in [3.05, 3.63) is 29.8 Å². The molecule has 0 aliphatic heterocycles. The summed E-state index contributed by atoms with van der Waals surface area (Å²) in [5.41, 5.74) is 6.25. The summed E-state index contributed by atoms with van der Waals surface area (Å²) in [6, 6.07) is 7.28. The van der Waals surface area contributed by atoms with E-state index in [1.807, 2.05) is 12.1 Å². The van der Waals surface area contributed by atoms with Crippen molar-refractivity contribution in [1.82, 2.24) is 5.32 Å². The molecule has 20 heavy (non-hydrogen) atoms. The van der Waals surface area contributed by atoms with Gasteiger partial charge in [0.05, 0.1) is 18.2 Å². The van der Waals surface area contributed by atoms with Gasteiger partial charge in [-0.15, -0.1) is 0 Å². The zero-order chi connectivity index (χ0) is 14.6. The van der Waals surface area contributed by atoms with Crippen molar-refractivity contribution in [2.24, 2.45) is 11.7 Å². The molecule has 0 spiro atoms. The standard InChI is InChI=1S/C16H24N2O2/c1-12-7-9-16(11-17,10-8-12)18-15(19)13-5-3-4-6-14(13)20-2/h3-6,12H,7-11,17H2,1-2H3,(H,18,19). The van der Waals surface area contributed by atoms with E-state index in [0.29, 0.717) is 17.9 Å². The van der Waals surface area contributed by atoms with E-state index in [1.54, 1.807) is 19.2 Å². The fourth-order valence-corrected chi connectivity index (χ4v) is 2.84. The van der Waals surface area contributed by atoms with Crippen LogP contribution in [0.2, 0.25) is 0 Å². The summed E-state index contributed by atoms with van der Waals surface area (Å²) in [5.74, 6) is 1.22. The molecule has 0 saturated heterocycles. The lowest BCUT2D eigenvalue weighted by molar-refractivity contribution is 0.0857. The van der Waals surface area contributed by atoms with Crippen molar-refractivity contribution in [1.29, 1.82) is 0 Å². The molecule has 1 fully saturated rings. The van der Waals surface area contributed by atoms with Crippen LogP contribution in [0.4, 0.5) is 0 Å². The summed E-state index contributed by atoms with van der Waals surface area (Å²) in [6.07, 6.45) is 4.13. The third kappa shape index (κ3) is 3.12. The van der Waals surface area contributed by atoms with Crippen LogP contribution in [0, 0.1) is 5.92 Å². The summed E-state index contributed by atoms with van der Waals surface area (Å²) < 4.78 is 5.25. The minimum absolute atomic E-state index is 0.0950. The normalized spacial score (nSPS) is 26.1. The highest BCUT2D eigenvalue weighted by atomic mass is 16.5. The first-order valence-electron chi connectivity index (χ1n) is 7.26. The topological polar surface area (TPSA) is 64.3 Å². The molecule has 3 N–H and O–H groups in total. The Balaban J connectivity index is 2.13. The Bertz CT molecular complexity index is 465. The number of rotatable bonds is 4. The molecule has 1 aliphatic carbocycles. The first-order chi connectivity index (χ1) is 9.60. The number of hydrogen-bond acceptors (Lipinski definition) is 3. The molecule has 1 aliphatic rings. The van der Waals surface area contributed by atoms with E-state index in [-0.39, 0.29) is 11.4 Å². The second kappa shape index (κ2) is 6.27. The van der Waals surface area contributed by atoms with Gasteiger partial charge in [-0.2, -0.15) is 0 Å². The fourth-order valence-electron chi connectivity index (χ4n) is 2.84. The molecule has 1 aromatic carbocycles. The summed E-state index contributed by atoms with van der Waals surface area (Å²) >= 11 is 0. The molecule has 2 rings (SSSR count). The minimum Gasteiger partial charge on any atom is -0.496 e. The number of carbonyl (C=O) groups excluding carboxylic acids is 1. The van der Waals surface area contributed by atoms with E-state index < -0.39 is 0 Å². The minimum atomic E-state index is -0.259. The molecular weight excluding hydrogens is 252 g/mol. The van der Waals surface area contributed by atoms with Crippen molar-refractivity contribution >= 4 is 5.91 Å². The van der Waals surface area contributed by atoms with E-state index in [0.717, 1.165) is 31.6 Å². The van der Waals surface area contributed by atoms with Gasteiger partial charge in [-0.3, -0.25) is 4.79 Å². The molecule has 1 saturated carbocycles. The Morgan fingerprint density at radius 2 is 2.05 bits per heavy atom. The molecule has 4 heteroatoms. The van der Waals surface area contributed by atoms with Gasteiger partial charge in [0.2, 0.25) is 0 Å². The quantitative estimate of drug-likeness (QED) is 0.887. The van der Waals surface area contributed by atoms with Crippen LogP contribution < -0.4 is 15.8 Å². The molecule has 0 radical (unpaired) electrons. The number of benzene rings is 1. The summed E-state index contributed by atoms with van der Waals surface area (Å²) in [5, 5.41) is 3.15. The maximum Gasteiger partial charge on any atom is 0.255 e. The SMILES string of the molecule is COc1ccccc1C(=O)NC1(CN)CCC(C)CC1. The molecule has 1 amide bonds. The van der Waals surface area contributed by atoms with E-state index in [4.69, 9.17) is 10.5 Å². The van der Waals surface area contributed by atoms with Gasteiger partial charge in [-0.1, -0.05) is 19.1 Å².